The number of aromatic amines is 1. The molecule has 0 saturated carbocycles. The van der Waals surface area contributed by atoms with Gasteiger partial charge in [-0.1, -0.05) is 13.3 Å². The highest BCUT2D eigenvalue weighted by molar-refractivity contribution is 5.93. The third-order valence-corrected chi connectivity index (χ3v) is 3.74. The lowest BCUT2D eigenvalue weighted by molar-refractivity contribution is 0.0759. The molecule has 1 fully saturated rings. The first kappa shape index (κ1) is 12.9. The zero-order valence-corrected chi connectivity index (χ0v) is 10.8. The molecule has 1 amide bonds. The van der Waals surface area contributed by atoms with Crippen molar-refractivity contribution < 1.29 is 4.79 Å². The number of pyridine rings is 1. The monoisotopic (exact) mass is 248 g/mol. The first-order valence-corrected chi connectivity index (χ1v) is 6.68. The van der Waals surface area contributed by atoms with E-state index in [-0.39, 0.29) is 11.5 Å². The molecule has 1 unspecified atom stereocenters. The highest BCUT2D eigenvalue weighted by Crippen LogP contribution is 2.21. The topological polar surface area (TPSA) is 53.2 Å². The summed E-state index contributed by atoms with van der Waals surface area (Å²) in [5.74, 6) is 0.779. The molecular formula is C14H20N2O2. The van der Waals surface area contributed by atoms with Crippen LogP contribution in [-0.4, -0.2) is 28.9 Å². The standard InChI is InChI=1S/C14H20N2O2/c1-2-11-4-3-8-16(9-7-11)14(18)12-5-6-13(17)15-10-12/h5-6,10-11H,2-4,7-9H2,1H3,(H,15,17). The Morgan fingerprint density at radius 3 is 2.89 bits per heavy atom. The summed E-state index contributed by atoms with van der Waals surface area (Å²) in [5.41, 5.74) is 0.401. The lowest BCUT2D eigenvalue weighted by Crippen LogP contribution is -2.32. The molecule has 4 heteroatoms. The summed E-state index contributed by atoms with van der Waals surface area (Å²) in [6.45, 7) is 3.87. The molecule has 0 aromatic carbocycles. The molecule has 1 N–H and O–H groups in total. The number of carbonyl (C=O) groups is 1. The Morgan fingerprint density at radius 1 is 1.39 bits per heavy atom. The molecule has 0 radical (unpaired) electrons. The molecule has 2 heterocycles. The molecule has 0 aliphatic carbocycles. The van der Waals surface area contributed by atoms with E-state index < -0.39 is 0 Å². The second-order valence-corrected chi connectivity index (χ2v) is 4.94. The number of likely N-dealkylation sites (tertiary alicyclic amines) is 1. The van der Waals surface area contributed by atoms with Crippen LogP contribution in [-0.2, 0) is 0 Å². The number of nitrogens with zero attached hydrogens (tertiary/aromatic N) is 1. The molecule has 4 nitrogen and oxygen atoms in total. The van der Waals surface area contributed by atoms with E-state index in [1.54, 1.807) is 6.07 Å². The first-order valence-electron chi connectivity index (χ1n) is 6.68. The molecule has 1 atom stereocenters. The lowest BCUT2D eigenvalue weighted by Gasteiger charge is -2.20. The third kappa shape index (κ3) is 3.00. The zero-order valence-electron chi connectivity index (χ0n) is 10.8. The molecule has 1 aliphatic rings. The molecule has 1 aromatic rings. The second kappa shape index (κ2) is 5.85. The average Bonchev–Trinajstić information content (AvgIpc) is 2.64. The van der Waals surface area contributed by atoms with Gasteiger partial charge >= 0.3 is 0 Å². The van der Waals surface area contributed by atoms with Crippen LogP contribution < -0.4 is 5.56 Å². The van der Waals surface area contributed by atoms with Crippen LogP contribution in [0.4, 0.5) is 0 Å². The first-order chi connectivity index (χ1) is 8.70. The van der Waals surface area contributed by atoms with Crippen LogP contribution in [0.2, 0.25) is 0 Å². The van der Waals surface area contributed by atoms with E-state index in [0.29, 0.717) is 5.56 Å². The summed E-state index contributed by atoms with van der Waals surface area (Å²) in [6.07, 6.45) is 6.08. The predicted octanol–water partition coefficient (Wildman–Crippen LogP) is 2.03. The van der Waals surface area contributed by atoms with Gasteiger partial charge in [-0.25, -0.2) is 0 Å². The van der Waals surface area contributed by atoms with E-state index >= 15 is 0 Å². The van der Waals surface area contributed by atoms with Crippen molar-refractivity contribution in [2.24, 2.45) is 5.92 Å². The number of aromatic nitrogens is 1. The van der Waals surface area contributed by atoms with E-state index in [2.05, 4.69) is 11.9 Å². The van der Waals surface area contributed by atoms with Gasteiger partial charge in [0.05, 0.1) is 5.56 Å². The number of carbonyl (C=O) groups excluding carboxylic acids is 1. The van der Waals surface area contributed by atoms with Gasteiger partial charge in [0.15, 0.2) is 0 Å². The fourth-order valence-corrected chi connectivity index (χ4v) is 2.50. The fourth-order valence-electron chi connectivity index (χ4n) is 2.50. The largest absolute Gasteiger partial charge is 0.339 e. The maximum Gasteiger partial charge on any atom is 0.255 e. The van der Waals surface area contributed by atoms with Crippen molar-refractivity contribution in [3.05, 3.63) is 34.2 Å². The number of rotatable bonds is 2. The SMILES string of the molecule is CCC1CCCN(C(=O)c2ccc(=O)[nH]c2)CC1. The maximum absolute atomic E-state index is 12.3. The number of amides is 1. The van der Waals surface area contributed by atoms with Crippen molar-refractivity contribution in [3.63, 3.8) is 0 Å². The third-order valence-electron chi connectivity index (χ3n) is 3.74. The van der Waals surface area contributed by atoms with Crippen molar-refractivity contribution in [1.82, 2.24) is 9.88 Å². The molecule has 18 heavy (non-hydrogen) atoms. The Balaban J connectivity index is 2.04. The molecule has 2 rings (SSSR count). The van der Waals surface area contributed by atoms with E-state index in [0.717, 1.165) is 31.8 Å². The van der Waals surface area contributed by atoms with Gasteiger partial charge in [-0.2, -0.15) is 0 Å². The van der Waals surface area contributed by atoms with Crippen LogP contribution in [0.15, 0.2) is 23.1 Å². The van der Waals surface area contributed by atoms with Crippen molar-refractivity contribution in [3.8, 4) is 0 Å². The molecule has 1 aliphatic heterocycles. The molecule has 0 spiro atoms. The Kier molecular flexibility index (Phi) is 4.18. The minimum Gasteiger partial charge on any atom is -0.339 e. The predicted molar refractivity (Wildman–Crippen MR) is 70.6 cm³/mol. The van der Waals surface area contributed by atoms with Crippen LogP contribution >= 0.6 is 0 Å². The highest BCUT2D eigenvalue weighted by Gasteiger charge is 2.20. The van der Waals surface area contributed by atoms with Crippen molar-refractivity contribution in [2.75, 3.05) is 13.1 Å². The van der Waals surface area contributed by atoms with Crippen LogP contribution in [0.25, 0.3) is 0 Å². The van der Waals surface area contributed by atoms with Crippen molar-refractivity contribution in [1.29, 1.82) is 0 Å². The summed E-state index contributed by atoms with van der Waals surface area (Å²) in [6, 6.07) is 3.00. The van der Waals surface area contributed by atoms with Gasteiger partial charge in [0.2, 0.25) is 5.56 Å². The van der Waals surface area contributed by atoms with Gasteiger partial charge in [-0.15, -0.1) is 0 Å². The molecule has 1 saturated heterocycles. The summed E-state index contributed by atoms with van der Waals surface area (Å²) >= 11 is 0. The number of nitrogens with one attached hydrogen (secondary N) is 1. The fraction of sp³-hybridized carbons (Fsp3) is 0.571. The number of H-pyrrole nitrogens is 1. The Labute approximate surface area is 107 Å². The summed E-state index contributed by atoms with van der Waals surface area (Å²) < 4.78 is 0. The van der Waals surface area contributed by atoms with Gasteiger partial charge in [0.25, 0.3) is 5.91 Å². The summed E-state index contributed by atoms with van der Waals surface area (Å²) in [5, 5.41) is 0. The zero-order chi connectivity index (χ0) is 13.0. The number of hydrogen-bond donors (Lipinski definition) is 1. The van der Waals surface area contributed by atoms with Crippen molar-refractivity contribution in [2.45, 2.75) is 32.6 Å². The molecule has 1 aromatic heterocycles. The van der Waals surface area contributed by atoms with E-state index in [4.69, 9.17) is 0 Å². The van der Waals surface area contributed by atoms with Gasteiger partial charge in [0, 0.05) is 25.4 Å². The highest BCUT2D eigenvalue weighted by atomic mass is 16.2. The Bertz CT molecular complexity index is 447. The average molecular weight is 248 g/mol. The Hall–Kier alpha value is -1.58. The molecule has 98 valence electrons. The Morgan fingerprint density at radius 2 is 2.22 bits per heavy atom. The van der Waals surface area contributed by atoms with Crippen LogP contribution in [0, 0.1) is 5.92 Å². The molecular weight excluding hydrogens is 228 g/mol. The van der Waals surface area contributed by atoms with Crippen LogP contribution in [0.3, 0.4) is 0 Å². The van der Waals surface area contributed by atoms with Crippen molar-refractivity contribution >= 4 is 5.91 Å². The van der Waals surface area contributed by atoms with Gasteiger partial charge < -0.3 is 9.88 Å². The quantitative estimate of drug-likeness (QED) is 0.870. The second-order valence-electron chi connectivity index (χ2n) is 4.94. The summed E-state index contributed by atoms with van der Waals surface area (Å²) in [4.78, 5) is 27.7. The minimum absolute atomic E-state index is 0.0306. The van der Waals surface area contributed by atoms with Gasteiger partial charge in [-0.05, 0) is 31.2 Å². The minimum atomic E-state index is -0.173. The maximum atomic E-state index is 12.3. The van der Waals surface area contributed by atoms with Gasteiger partial charge in [0.1, 0.15) is 0 Å². The lowest BCUT2D eigenvalue weighted by atomic mass is 9.98. The summed E-state index contributed by atoms with van der Waals surface area (Å²) in [7, 11) is 0. The van der Waals surface area contributed by atoms with E-state index in [1.807, 2.05) is 4.90 Å². The van der Waals surface area contributed by atoms with E-state index in [1.165, 1.54) is 25.1 Å². The molecule has 0 bridgehead atoms. The normalized spacial score (nSPS) is 20.5. The van der Waals surface area contributed by atoms with Crippen LogP contribution in [0.5, 0.6) is 0 Å². The number of hydrogen-bond acceptors (Lipinski definition) is 2. The van der Waals surface area contributed by atoms with Crippen LogP contribution in [0.1, 0.15) is 43.0 Å². The van der Waals surface area contributed by atoms with Gasteiger partial charge in [-0.3, -0.25) is 9.59 Å². The smallest absolute Gasteiger partial charge is 0.255 e. The van der Waals surface area contributed by atoms with E-state index in [9.17, 15) is 9.59 Å².